The van der Waals surface area contributed by atoms with E-state index in [1.54, 1.807) is 0 Å². The molecule has 0 aromatic carbocycles. The molecule has 0 spiro atoms. The Hall–Kier alpha value is -1.29. The zero-order valence-electron chi connectivity index (χ0n) is 14.0. The first-order chi connectivity index (χ1) is 12.2. The van der Waals surface area contributed by atoms with Gasteiger partial charge in [0, 0.05) is 5.38 Å². The maximum atomic E-state index is 12.3. The van der Waals surface area contributed by atoms with Gasteiger partial charge in [-0.2, -0.15) is 0 Å². The van der Waals surface area contributed by atoms with Crippen molar-refractivity contribution in [1.82, 2.24) is 14.6 Å². The molecule has 3 amide bonds. The van der Waals surface area contributed by atoms with Gasteiger partial charge in [-0.1, -0.05) is 5.16 Å². The minimum absolute atomic E-state index is 0. The predicted molar refractivity (Wildman–Crippen MR) is 88.4 cm³/mol. The number of oxime groups is 1. The molecule has 16 heteroatoms. The van der Waals surface area contributed by atoms with E-state index in [2.05, 4.69) is 25.6 Å². The molecule has 1 aromatic rings. The van der Waals surface area contributed by atoms with Crippen molar-refractivity contribution in [3.05, 3.63) is 11.1 Å². The van der Waals surface area contributed by atoms with E-state index in [9.17, 15) is 27.4 Å². The fraction of sp³-hybridized carbons (Fsp3) is 0.364. The summed E-state index contributed by atoms with van der Waals surface area (Å²) in [6.45, 7) is -0.481. The van der Waals surface area contributed by atoms with Crippen LogP contribution in [-0.4, -0.2) is 71.3 Å². The smallest absolute Gasteiger partial charge is 0.731 e. The van der Waals surface area contributed by atoms with Crippen LogP contribution >= 0.6 is 22.9 Å². The van der Waals surface area contributed by atoms with Crippen LogP contribution in [0.3, 0.4) is 0 Å². The van der Waals surface area contributed by atoms with Crippen molar-refractivity contribution in [2.75, 3.05) is 24.9 Å². The van der Waals surface area contributed by atoms with Crippen molar-refractivity contribution >= 4 is 61.8 Å². The van der Waals surface area contributed by atoms with Gasteiger partial charge in [-0.3, -0.25) is 14.4 Å². The zero-order valence-corrected chi connectivity index (χ0v) is 18.4. The largest absolute Gasteiger partial charge is 1.00 e. The normalized spacial score (nSPS) is 16.9. The van der Waals surface area contributed by atoms with Crippen LogP contribution < -0.4 is 40.2 Å². The van der Waals surface area contributed by atoms with Crippen molar-refractivity contribution < 1.29 is 61.7 Å². The van der Waals surface area contributed by atoms with Crippen LogP contribution in [0.2, 0.25) is 0 Å². The van der Waals surface area contributed by atoms with E-state index < -0.39 is 40.6 Å². The number of anilines is 1. The first-order valence-electron chi connectivity index (χ1n) is 6.68. The van der Waals surface area contributed by atoms with E-state index in [0.717, 1.165) is 11.3 Å². The molecule has 142 valence electrons. The Bertz CT molecular complexity index is 874. The van der Waals surface area contributed by atoms with E-state index in [1.165, 1.54) is 12.5 Å². The third kappa shape index (κ3) is 5.84. The van der Waals surface area contributed by atoms with Crippen LogP contribution in [0.15, 0.2) is 10.5 Å². The molecule has 12 nitrogen and oxygen atoms in total. The minimum Gasteiger partial charge on any atom is -0.731 e. The summed E-state index contributed by atoms with van der Waals surface area (Å²) in [7, 11) is -3.73. The van der Waals surface area contributed by atoms with E-state index >= 15 is 0 Å². The van der Waals surface area contributed by atoms with Gasteiger partial charge in [-0.05, 0) is 0 Å². The molecule has 2 rings (SSSR count). The minimum atomic E-state index is -4.91. The number of carbonyl (C=O) groups is 3. The molecule has 1 atom stereocenters. The van der Waals surface area contributed by atoms with Crippen molar-refractivity contribution in [1.29, 1.82) is 0 Å². The Kier molecular flexibility index (Phi) is 8.59. The number of amides is 3. The average Bonchev–Trinajstić information content (AvgIpc) is 3.02. The predicted octanol–water partition coefficient (Wildman–Crippen LogP) is -4.54. The molecule has 0 bridgehead atoms. The summed E-state index contributed by atoms with van der Waals surface area (Å²) < 4.78 is 32.4. The summed E-state index contributed by atoms with van der Waals surface area (Å²) in [5.41, 5.74) is -0.273. The molecule has 0 radical (unpaired) electrons. The second-order valence-corrected chi connectivity index (χ2v) is 7.12. The van der Waals surface area contributed by atoms with Crippen molar-refractivity contribution in [3.63, 3.8) is 0 Å². The van der Waals surface area contributed by atoms with E-state index in [1.807, 2.05) is 0 Å². The summed E-state index contributed by atoms with van der Waals surface area (Å²) in [6.07, 6.45) is 0. The Morgan fingerprint density at radius 1 is 1.56 bits per heavy atom. The third-order valence-corrected chi connectivity index (χ3v) is 4.85. The number of hydrogen-bond acceptors (Lipinski definition) is 10. The number of rotatable bonds is 7. The average molecular weight is 448 g/mol. The van der Waals surface area contributed by atoms with Gasteiger partial charge in [0.1, 0.15) is 24.7 Å². The van der Waals surface area contributed by atoms with Crippen molar-refractivity contribution in [2.45, 2.75) is 6.04 Å². The number of carbonyl (C=O) groups excluding carboxylic acids is 3. The standard InChI is InChI=1S/C11H12ClN5O7S2.Na/c1-24-16-8(6-4-25-11(14-6)15-7(18)2-12)9(19)13-5-3-17(10(5)20)26(21,22)23;/h4-5H,2-3H2,1H3,(H,13,19)(H,14,15,18)(H,21,22,23);/q;+1/p-1/b16-8-;. The van der Waals surface area contributed by atoms with Crippen LogP contribution in [0.5, 0.6) is 0 Å². The molecule has 0 aliphatic carbocycles. The number of aromatic nitrogens is 1. The van der Waals surface area contributed by atoms with Gasteiger partial charge in [0.25, 0.3) is 11.8 Å². The number of β-lactam (4-membered cyclic amide) rings is 1. The summed E-state index contributed by atoms with van der Waals surface area (Å²) in [4.78, 5) is 43.6. The fourth-order valence-corrected chi connectivity index (χ4v) is 3.28. The molecule has 1 aromatic heterocycles. The molecule has 1 aliphatic heterocycles. The summed E-state index contributed by atoms with van der Waals surface area (Å²) in [6, 6.07) is -1.19. The van der Waals surface area contributed by atoms with E-state index in [0.29, 0.717) is 0 Å². The topological polar surface area (TPSA) is 170 Å². The fourth-order valence-electron chi connectivity index (χ4n) is 1.82. The zero-order chi connectivity index (χ0) is 19.5. The molecule has 1 fully saturated rings. The van der Waals surface area contributed by atoms with E-state index in [-0.39, 0.29) is 56.3 Å². The molecule has 0 saturated carbocycles. The maximum absolute atomic E-state index is 12.3. The summed E-state index contributed by atoms with van der Waals surface area (Å²) in [5, 5.41) is 9.69. The Morgan fingerprint density at radius 2 is 2.22 bits per heavy atom. The van der Waals surface area contributed by atoms with Crippen molar-refractivity contribution in [3.8, 4) is 0 Å². The Labute approximate surface area is 184 Å². The summed E-state index contributed by atoms with van der Waals surface area (Å²) in [5.74, 6) is -2.72. The number of hydrogen-bond donors (Lipinski definition) is 2. The van der Waals surface area contributed by atoms with Crippen LogP contribution in [0.1, 0.15) is 5.69 Å². The molecule has 2 heterocycles. The summed E-state index contributed by atoms with van der Waals surface area (Å²) >= 11 is 6.36. The number of nitrogens with zero attached hydrogens (tertiary/aromatic N) is 3. The number of halogens is 1. The quantitative estimate of drug-likeness (QED) is 0.105. The van der Waals surface area contributed by atoms with Crippen LogP contribution in [0, 0.1) is 0 Å². The second kappa shape index (κ2) is 9.77. The molecule has 1 aliphatic rings. The number of thiazole rings is 1. The van der Waals surface area contributed by atoms with Gasteiger partial charge < -0.3 is 20.0 Å². The number of nitrogens with one attached hydrogen (secondary N) is 2. The SMILES string of the molecule is CO/N=C(\C(=O)NC1CN(S(=O)(=O)[O-])C1=O)c1csc(NC(=O)CCl)n1.[Na+]. The Balaban J connectivity index is 0.00000364. The van der Waals surface area contributed by atoms with Gasteiger partial charge in [-0.15, -0.1) is 22.9 Å². The molecule has 27 heavy (non-hydrogen) atoms. The first kappa shape index (κ1) is 23.7. The third-order valence-electron chi connectivity index (χ3n) is 2.98. The van der Waals surface area contributed by atoms with Crippen LogP contribution in [0.25, 0.3) is 0 Å². The number of alkyl halides is 1. The molecular weight excluding hydrogens is 437 g/mol. The Morgan fingerprint density at radius 3 is 2.74 bits per heavy atom. The van der Waals surface area contributed by atoms with Gasteiger partial charge in [0.15, 0.2) is 21.1 Å². The maximum Gasteiger partial charge on any atom is 1.00 e. The monoisotopic (exact) mass is 447 g/mol. The molecule has 2 N–H and O–H groups in total. The second-order valence-electron chi connectivity index (χ2n) is 4.70. The molecule has 1 saturated heterocycles. The van der Waals surface area contributed by atoms with Crippen LogP contribution in [0.4, 0.5) is 5.13 Å². The van der Waals surface area contributed by atoms with E-state index in [4.69, 9.17) is 11.6 Å². The van der Waals surface area contributed by atoms with Crippen LogP contribution in [-0.2, 0) is 29.5 Å². The van der Waals surface area contributed by atoms with Gasteiger partial charge in [0.05, 0.1) is 6.54 Å². The first-order valence-corrected chi connectivity index (χ1v) is 9.46. The van der Waals surface area contributed by atoms with Gasteiger partial charge >= 0.3 is 29.6 Å². The molecular formula is C11H11ClN5NaO7S2. The van der Waals surface area contributed by atoms with Crippen molar-refractivity contribution in [2.24, 2.45) is 5.16 Å². The molecule has 1 unspecified atom stereocenters. The van der Waals surface area contributed by atoms with Gasteiger partial charge in [-0.25, -0.2) is 17.7 Å². The van der Waals surface area contributed by atoms with Gasteiger partial charge in [0.2, 0.25) is 5.91 Å².